The fraction of sp³-hybridized carbons (Fsp3) is 0.562. The van der Waals surface area contributed by atoms with E-state index in [0.29, 0.717) is 6.42 Å². The third-order valence-electron chi connectivity index (χ3n) is 2.46. The van der Waals surface area contributed by atoms with E-state index in [4.69, 9.17) is 5.73 Å². The Balaban J connectivity index is -0.000000467. The molecule has 0 aliphatic heterocycles. The van der Waals surface area contributed by atoms with E-state index in [9.17, 15) is 4.79 Å². The molecule has 1 aromatic rings. The van der Waals surface area contributed by atoms with Crippen LogP contribution in [-0.2, 0) is 17.6 Å². The lowest BCUT2D eigenvalue weighted by atomic mass is 9.98. The lowest BCUT2D eigenvalue weighted by Gasteiger charge is -2.11. The second-order valence-electron chi connectivity index (χ2n) is 3.54. The number of hydrogen-bond acceptors (Lipinski definition) is 2. The Morgan fingerprint density at radius 1 is 1.17 bits per heavy atom. The maximum Gasteiger partial charge on any atom is 0.146 e. The minimum absolute atomic E-state index is 0. The average Bonchev–Trinajstić information content (AvgIpc) is 2.43. The molecule has 0 amide bonds. The number of carbonyl (C=O) groups excluding carboxylic acids is 1. The first-order valence-electron chi connectivity index (χ1n) is 6.98. The predicted octanol–water partition coefficient (Wildman–Crippen LogP) is 4.01. The minimum atomic E-state index is -0.359. The molecule has 0 saturated heterocycles. The van der Waals surface area contributed by atoms with Gasteiger partial charge in [-0.15, -0.1) is 0 Å². The van der Waals surface area contributed by atoms with Crippen molar-refractivity contribution in [2.75, 3.05) is 0 Å². The highest BCUT2D eigenvalue weighted by molar-refractivity contribution is 5.81. The van der Waals surface area contributed by atoms with E-state index in [2.05, 4.69) is 13.0 Å². The van der Waals surface area contributed by atoms with Crippen LogP contribution in [-0.4, -0.2) is 11.8 Å². The lowest BCUT2D eigenvalue weighted by Crippen LogP contribution is -2.30. The van der Waals surface area contributed by atoms with Gasteiger partial charge in [-0.3, -0.25) is 4.79 Å². The molecule has 106 valence electrons. The number of hydrogen-bond donors (Lipinski definition) is 1. The molecule has 0 unspecified atom stereocenters. The Hall–Kier alpha value is -1.15. The maximum atomic E-state index is 11.0. The topological polar surface area (TPSA) is 43.1 Å². The summed E-state index contributed by atoms with van der Waals surface area (Å²) in [5, 5.41) is 0. The van der Waals surface area contributed by atoms with E-state index in [1.807, 2.05) is 45.9 Å². The molecule has 0 fully saturated rings. The molecule has 1 atom stereocenters. The molecule has 0 spiro atoms. The highest BCUT2D eigenvalue weighted by atomic mass is 16.1. The molecule has 0 saturated carbocycles. The van der Waals surface area contributed by atoms with Gasteiger partial charge in [0.25, 0.3) is 0 Å². The fourth-order valence-electron chi connectivity index (χ4n) is 1.48. The summed E-state index contributed by atoms with van der Waals surface area (Å²) in [5.41, 5.74) is 8.20. The van der Waals surface area contributed by atoms with Crippen LogP contribution in [0, 0.1) is 0 Å². The Morgan fingerprint density at radius 3 is 2.00 bits per heavy atom. The van der Waals surface area contributed by atoms with Crippen LogP contribution < -0.4 is 5.73 Å². The Bertz CT molecular complexity index is 326. The normalized spacial score (nSPS) is 10.4. The lowest BCUT2D eigenvalue weighted by molar-refractivity contribution is -0.118. The Kier molecular flexibility index (Phi) is 13.1. The molecule has 0 aliphatic rings. The van der Waals surface area contributed by atoms with Crippen molar-refractivity contribution >= 4 is 5.78 Å². The van der Waals surface area contributed by atoms with Crippen LogP contribution in [0.3, 0.4) is 0 Å². The first kappa shape index (κ1) is 19.2. The zero-order valence-corrected chi connectivity index (χ0v) is 12.8. The second-order valence-corrected chi connectivity index (χ2v) is 3.54. The van der Waals surface area contributed by atoms with Gasteiger partial charge in [-0.05, 0) is 30.9 Å². The third kappa shape index (κ3) is 7.23. The molecule has 1 aromatic carbocycles. The molecule has 2 N–H and O–H groups in total. The summed E-state index contributed by atoms with van der Waals surface area (Å²) in [4.78, 5) is 11.0. The first-order chi connectivity index (χ1) is 8.65. The largest absolute Gasteiger partial charge is 0.321 e. The molecular formula is C16H31NO. The zero-order valence-electron chi connectivity index (χ0n) is 12.8. The number of nitrogens with two attached hydrogens (primary N) is 1. The summed E-state index contributed by atoms with van der Waals surface area (Å²) in [7, 11) is 0. The van der Waals surface area contributed by atoms with Crippen LogP contribution in [0.4, 0.5) is 0 Å². The second kappa shape index (κ2) is 12.3. The van der Waals surface area contributed by atoms with Crippen LogP contribution in [0.2, 0.25) is 0 Å². The third-order valence-corrected chi connectivity index (χ3v) is 2.46. The summed E-state index contributed by atoms with van der Waals surface area (Å²) < 4.78 is 0. The first-order valence-corrected chi connectivity index (χ1v) is 6.98. The van der Waals surface area contributed by atoms with E-state index in [0.717, 1.165) is 6.42 Å². The van der Waals surface area contributed by atoms with E-state index in [1.54, 1.807) is 6.92 Å². The van der Waals surface area contributed by atoms with Crippen molar-refractivity contribution in [3.8, 4) is 0 Å². The van der Waals surface area contributed by atoms with Gasteiger partial charge in [-0.25, -0.2) is 0 Å². The maximum absolute atomic E-state index is 11.0. The van der Waals surface area contributed by atoms with Gasteiger partial charge in [0.1, 0.15) is 5.78 Å². The molecule has 0 bridgehead atoms. The quantitative estimate of drug-likeness (QED) is 0.881. The van der Waals surface area contributed by atoms with Crippen molar-refractivity contribution in [3.63, 3.8) is 0 Å². The molecule has 0 radical (unpaired) electrons. The molecule has 0 heterocycles. The van der Waals surface area contributed by atoms with Crippen molar-refractivity contribution in [1.82, 2.24) is 0 Å². The molecule has 2 nitrogen and oxygen atoms in total. The van der Waals surface area contributed by atoms with Crippen molar-refractivity contribution in [2.45, 2.75) is 60.4 Å². The number of rotatable bonds is 4. The molecule has 2 heteroatoms. The Labute approximate surface area is 114 Å². The van der Waals surface area contributed by atoms with Crippen LogP contribution in [0.15, 0.2) is 24.3 Å². The zero-order chi connectivity index (χ0) is 14.6. The van der Waals surface area contributed by atoms with Crippen LogP contribution in [0.1, 0.15) is 54.1 Å². The number of aryl methyl sites for hydroxylation is 1. The number of Topliss-reactive ketones (excluding diaryl/α,β-unsaturated/α-hetero) is 1. The van der Waals surface area contributed by atoms with Crippen molar-refractivity contribution in [3.05, 3.63) is 35.4 Å². The van der Waals surface area contributed by atoms with Gasteiger partial charge in [0.05, 0.1) is 6.04 Å². The monoisotopic (exact) mass is 253 g/mol. The van der Waals surface area contributed by atoms with Gasteiger partial charge in [-0.2, -0.15) is 0 Å². The highest BCUT2D eigenvalue weighted by Crippen LogP contribution is 2.11. The fourth-order valence-corrected chi connectivity index (χ4v) is 1.48. The molecule has 0 aliphatic carbocycles. The SMILES string of the molecule is CC.CC.CCc1ccccc1C[C@H](N)C(C)=O.[HH]. The van der Waals surface area contributed by atoms with Crippen LogP contribution in [0.25, 0.3) is 0 Å². The van der Waals surface area contributed by atoms with Crippen LogP contribution in [0.5, 0.6) is 0 Å². The van der Waals surface area contributed by atoms with E-state index < -0.39 is 0 Å². The van der Waals surface area contributed by atoms with Gasteiger partial charge < -0.3 is 5.73 Å². The Morgan fingerprint density at radius 2 is 1.61 bits per heavy atom. The van der Waals surface area contributed by atoms with Gasteiger partial charge in [0, 0.05) is 1.43 Å². The molecular weight excluding hydrogens is 222 g/mol. The highest BCUT2D eigenvalue weighted by Gasteiger charge is 2.10. The number of ketones is 1. The predicted molar refractivity (Wildman–Crippen MR) is 83.0 cm³/mol. The summed E-state index contributed by atoms with van der Waals surface area (Å²) >= 11 is 0. The van der Waals surface area contributed by atoms with E-state index in [1.165, 1.54) is 11.1 Å². The van der Waals surface area contributed by atoms with Gasteiger partial charge in [-0.1, -0.05) is 58.9 Å². The van der Waals surface area contributed by atoms with Crippen molar-refractivity contribution in [2.24, 2.45) is 5.73 Å². The number of carbonyl (C=O) groups is 1. The summed E-state index contributed by atoms with van der Waals surface area (Å²) in [6.45, 7) is 11.7. The van der Waals surface area contributed by atoms with Crippen molar-refractivity contribution in [1.29, 1.82) is 0 Å². The standard InChI is InChI=1S/C12H17NO.2C2H6.H2/c1-3-10-6-4-5-7-11(10)8-12(13)9(2)14;2*1-2;/h4-7,12H,3,8,13H2,1-2H3;2*1-2H3;1H/t12-;;;/m0.../s1. The average molecular weight is 253 g/mol. The molecule has 0 aromatic heterocycles. The van der Waals surface area contributed by atoms with Gasteiger partial charge in [0.2, 0.25) is 0 Å². The van der Waals surface area contributed by atoms with Gasteiger partial charge >= 0.3 is 0 Å². The van der Waals surface area contributed by atoms with E-state index >= 15 is 0 Å². The smallest absolute Gasteiger partial charge is 0.146 e. The van der Waals surface area contributed by atoms with E-state index in [-0.39, 0.29) is 13.3 Å². The van der Waals surface area contributed by atoms with Crippen molar-refractivity contribution < 1.29 is 6.22 Å². The molecule has 18 heavy (non-hydrogen) atoms. The summed E-state index contributed by atoms with van der Waals surface area (Å²) in [5.74, 6) is 0.0518. The molecule has 1 rings (SSSR count). The summed E-state index contributed by atoms with van der Waals surface area (Å²) in [6.07, 6.45) is 1.64. The number of benzene rings is 1. The van der Waals surface area contributed by atoms with Gasteiger partial charge in [0.15, 0.2) is 0 Å². The summed E-state index contributed by atoms with van der Waals surface area (Å²) in [6, 6.07) is 7.77. The van der Waals surface area contributed by atoms with Crippen LogP contribution >= 0.6 is 0 Å². The minimum Gasteiger partial charge on any atom is -0.321 e.